The smallest absolute Gasteiger partial charge is 0.378 e. The molecule has 0 spiro atoms. The first-order chi connectivity index (χ1) is 6.91. The maximum absolute atomic E-state index is 12.3. The van der Waals surface area contributed by atoms with Gasteiger partial charge in [-0.15, -0.1) is 11.3 Å². The molecule has 0 bridgehead atoms. The lowest BCUT2D eigenvalue weighted by molar-refractivity contribution is -0.208. The molecule has 0 aliphatic rings. The number of hydrogen-bond donors (Lipinski definition) is 1. The second kappa shape index (κ2) is 3.21. The van der Waals surface area contributed by atoms with Crippen LogP contribution in [0.3, 0.4) is 0 Å². The van der Waals surface area contributed by atoms with Crippen LogP contribution in [0, 0.1) is 6.92 Å². The largest absolute Gasteiger partial charge is 0.420 e. The number of fused-ring (bicyclic) bond motifs is 1. The number of rotatable bonds is 1. The number of alkyl halides is 3. The number of imidazole rings is 1. The molecular formula is C8H7F3N2OS. The van der Waals surface area contributed by atoms with E-state index in [1.54, 1.807) is 5.38 Å². The predicted molar refractivity (Wildman–Crippen MR) is 48.8 cm³/mol. The number of nitrogens with zero attached hydrogens (tertiary/aromatic N) is 2. The quantitative estimate of drug-likeness (QED) is 0.824. The lowest BCUT2D eigenvalue weighted by Gasteiger charge is -2.14. The molecule has 1 unspecified atom stereocenters. The van der Waals surface area contributed by atoms with Gasteiger partial charge in [0.05, 0.1) is 11.4 Å². The highest BCUT2D eigenvalue weighted by Crippen LogP contribution is 2.34. The average Bonchev–Trinajstić information content (AvgIpc) is 2.60. The van der Waals surface area contributed by atoms with E-state index in [-0.39, 0.29) is 11.4 Å². The van der Waals surface area contributed by atoms with Crippen molar-refractivity contribution in [2.24, 2.45) is 0 Å². The Labute approximate surface area is 86.8 Å². The number of halogens is 3. The van der Waals surface area contributed by atoms with E-state index in [1.807, 2.05) is 0 Å². The van der Waals surface area contributed by atoms with Gasteiger partial charge in [0.2, 0.25) is 0 Å². The zero-order valence-electron chi connectivity index (χ0n) is 7.62. The van der Waals surface area contributed by atoms with Crippen molar-refractivity contribution in [3.05, 3.63) is 23.0 Å². The van der Waals surface area contributed by atoms with Gasteiger partial charge < -0.3 is 5.11 Å². The lowest BCUT2D eigenvalue weighted by atomic mass is 10.2. The van der Waals surface area contributed by atoms with Crippen molar-refractivity contribution >= 4 is 16.3 Å². The minimum absolute atomic E-state index is 0.201. The van der Waals surface area contributed by atoms with E-state index in [0.29, 0.717) is 4.96 Å². The predicted octanol–water partition coefficient (Wildman–Crippen LogP) is 2.30. The molecule has 15 heavy (non-hydrogen) atoms. The highest BCUT2D eigenvalue weighted by molar-refractivity contribution is 7.15. The van der Waals surface area contributed by atoms with E-state index >= 15 is 0 Å². The summed E-state index contributed by atoms with van der Waals surface area (Å²) in [6.45, 7) is 1.45. The van der Waals surface area contributed by atoms with Gasteiger partial charge in [0.15, 0.2) is 11.1 Å². The van der Waals surface area contributed by atoms with Gasteiger partial charge in [0.25, 0.3) is 0 Å². The van der Waals surface area contributed by atoms with Crippen molar-refractivity contribution < 1.29 is 18.3 Å². The Morgan fingerprint density at radius 3 is 2.80 bits per heavy atom. The highest BCUT2D eigenvalue weighted by Gasteiger charge is 2.42. The molecule has 1 atom stereocenters. The molecule has 2 aromatic rings. The van der Waals surface area contributed by atoms with Gasteiger partial charge in [-0.25, -0.2) is 4.98 Å². The zero-order chi connectivity index (χ0) is 11.2. The Hall–Kier alpha value is -1.08. The Kier molecular flexibility index (Phi) is 2.23. The molecule has 1 N–H and O–H groups in total. The Morgan fingerprint density at radius 1 is 1.53 bits per heavy atom. The van der Waals surface area contributed by atoms with E-state index in [1.165, 1.54) is 28.9 Å². The fourth-order valence-corrected chi connectivity index (χ4v) is 2.16. The van der Waals surface area contributed by atoms with Gasteiger partial charge in [-0.2, -0.15) is 13.2 Å². The van der Waals surface area contributed by atoms with Crippen LogP contribution < -0.4 is 0 Å². The summed E-state index contributed by atoms with van der Waals surface area (Å²) in [6, 6.07) is 0. The van der Waals surface area contributed by atoms with Gasteiger partial charge in [-0.05, 0) is 6.92 Å². The van der Waals surface area contributed by atoms with Gasteiger partial charge in [0.1, 0.15) is 0 Å². The molecule has 0 amide bonds. The third-order valence-corrected chi connectivity index (χ3v) is 2.81. The van der Waals surface area contributed by atoms with Crippen LogP contribution in [-0.4, -0.2) is 20.7 Å². The van der Waals surface area contributed by atoms with Crippen LogP contribution in [0.4, 0.5) is 13.2 Å². The number of aliphatic hydroxyl groups excluding tert-OH is 1. The van der Waals surface area contributed by atoms with Gasteiger partial charge in [-0.3, -0.25) is 4.40 Å². The van der Waals surface area contributed by atoms with E-state index in [4.69, 9.17) is 5.11 Å². The Balaban J connectivity index is 2.59. The zero-order valence-corrected chi connectivity index (χ0v) is 8.43. The van der Waals surface area contributed by atoms with Crippen molar-refractivity contribution in [2.45, 2.75) is 19.2 Å². The third kappa shape index (κ3) is 1.61. The van der Waals surface area contributed by atoms with Crippen LogP contribution in [0.25, 0.3) is 4.96 Å². The first-order valence-corrected chi connectivity index (χ1v) is 4.96. The number of aliphatic hydroxyl groups is 1. The molecule has 3 nitrogen and oxygen atoms in total. The van der Waals surface area contributed by atoms with E-state index in [0.717, 1.165) is 0 Å². The molecule has 2 rings (SSSR count). The fourth-order valence-electron chi connectivity index (χ4n) is 1.40. The Bertz CT molecular complexity index is 487. The van der Waals surface area contributed by atoms with Crippen molar-refractivity contribution in [2.75, 3.05) is 0 Å². The van der Waals surface area contributed by atoms with Crippen LogP contribution in [0.1, 0.15) is 17.5 Å². The highest BCUT2D eigenvalue weighted by atomic mass is 32.1. The summed E-state index contributed by atoms with van der Waals surface area (Å²) in [5.74, 6) is 0. The van der Waals surface area contributed by atoms with E-state index in [2.05, 4.69) is 4.98 Å². The first kappa shape index (κ1) is 10.4. The summed E-state index contributed by atoms with van der Waals surface area (Å²) in [4.78, 5) is 4.38. The minimum atomic E-state index is -4.66. The number of aromatic nitrogens is 2. The monoisotopic (exact) mass is 236 g/mol. The molecule has 82 valence electrons. The lowest BCUT2D eigenvalue weighted by Crippen LogP contribution is -2.22. The second-order valence-corrected chi connectivity index (χ2v) is 3.96. The second-order valence-electron chi connectivity index (χ2n) is 3.08. The van der Waals surface area contributed by atoms with Crippen molar-refractivity contribution in [1.29, 1.82) is 0 Å². The SMILES string of the molecule is Cc1nc2sccn2c1C(O)C(F)(F)F. The summed E-state index contributed by atoms with van der Waals surface area (Å²) in [5, 5.41) is 10.8. The maximum Gasteiger partial charge on any atom is 0.420 e. The standard InChI is InChI=1S/C8H7F3N2OS/c1-4-5(6(14)8(9,10)11)13-2-3-15-7(13)12-4/h2-3,6,14H,1H3. The molecule has 0 aliphatic carbocycles. The van der Waals surface area contributed by atoms with Crippen molar-refractivity contribution in [3.63, 3.8) is 0 Å². The van der Waals surface area contributed by atoms with Crippen LogP contribution in [0.5, 0.6) is 0 Å². The molecule has 2 aromatic heterocycles. The molecule has 0 saturated carbocycles. The fraction of sp³-hybridized carbons (Fsp3) is 0.375. The molecule has 2 heterocycles. The number of thiazole rings is 1. The van der Waals surface area contributed by atoms with Crippen LogP contribution in [0.2, 0.25) is 0 Å². The molecule has 0 radical (unpaired) electrons. The summed E-state index contributed by atoms with van der Waals surface area (Å²) in [7, 11) is 0. The maximum atomic E-state index is 12.3. The summed E-state index contributed by atoms with van der Waals surface area (Å²) >= 11 is 1.22. The summed E-state index contributed by atoms with van der Waals surface area (Å²) in [5.41, 5.74) is -0.00887. The van der Waals surface area contributed by atoms with Crippen molar-refractivity contribution in [3.8, 4) is 0 Å². The third-order valence-electron chi connectivity index (χ3n) is 2.05. The Morgan fingerprint density at radius 2 is 2.20 bits per heavy atom. The topological polar surface area (TPSA) is 37.5 Å². The van der Waals surface area contributed by atoms with Gasteiger partial charge in [-0.1, -0.05) is 0 Å². The van der Waals surface area contributed by atoms with Gasteiger partial charge in [0, 0.05) is 11.6 Å². The molecule has 0 aromatic carbocycles. The first-order valence-electron chi connectivity index (χ1n) is 4.08. The van der Waals surface area contributed by atoms with E-state index < -0.39 is 12.3 Å². The molecule has 0 aliphatic heterocycles. The summed E-state index contributed by atoms with van der Waals surface area (Å²) < 4.78 is 38.3. The normalized spacial score (nSPS) is 14.7. The van der Waals surface area contributed by atoms with Crippen LogP contribution >= 0.6 is 11.3 Å². The number of aryl methyl sites for hydroxylation is 1. The van der Waals surface area contributed by atoms with Crippen LogP contribution in [-0.2, 0) is 0 Å². The average molecular weight is 236 g/mol. The molecule has 0 saturated heterocycles. The molecule has 0 fully saturated rings. The van der Waals surface area contributed by atoms with E-state index in [9.17, 15) is 13.2 Å². The minimum Gasteiger partial charge on any atom is -0.378 e. The molecule has 7 heteroatoms. The van der Waals surface area contributed by atoms with Crippen LogP contribution in [0.15, 0.2) is 11.6 Å². The summed E-state index contributed by atoms with van der Waals surface area (Å²) in [6.07, 6.45) is -5.69. The molecular weight excluding hydrogens is 229 g/mol. The number of hydrogen-bond acceptors (Lipinski definition) is 3. The van der Waals surface area contributed by atoms with Gasteiger partial charge >= 0.3 is 6.18 Å². The van der Waals surface area contributed by atoms with Crippen molar-refractivity contribution in [1.82, 2.24) is 9.38 Å².